The van der Waals surface area contributed by atoms with E-state index in [9.17, 15) is 21.2 Å². The van der Waals surface area contributed by atoms with Gasteiger partial charge in [-0.1, -0.05) is 23.5 Å². The molecule has 2 aromatic carbocycles. The van der Waals surface area contributed by atoms with E-state index in [1.54, 1.807) is 12.3 Å². The Hall–Kier alpha value is -3.64. The van der Waals surface area contributed by atoms with Gasteiger partial charge in [0.25, 0.3) is 0 Å². The lowest BCUT2D eigenvalue weighted by molar-refractivity contribution is 0.0906. The van der Waals surface area contributed by atoms with Gasteiger partial charge in [-0.15, -0.1) is 0 Å². The molecule has 1 saturated carbocycles. The minimum absolute atomic E-state index is 0.00624. The fourth-order valence-electron chi connectivity index (χ4n) is 7.59. The summed E-state index contributed by atoms with van der Waals surface area (Å²) in [4.78, 5) is 15.4. The summed E-state index contributed by atoms with van der Waals surface area (Å²) in [5.41, 5.74) is -0.250. The Kier molecular flexibility index (Phi) is 7.38. The van der Waals surface area contributed by atoms with Crippen molar-refractivity contribution in [3.05, 3.63) is 60.0 Å². The van der Waals surface area contributed by atoms with E-state index in [2.05, 4.69) is 15.2 Å². The van der Waals surface area contributed by atoms with Crippen molar-refractivity contribution < 1.29 is 34.7 Å². The predicted molar refractivity (Wildman–Crippen MR) is 173 cm³/mol. The number of rotatable bonds is 7. The van der Waals surface area contributed by atoms with Crippen LogP contribution >= 0.6 is 11.3 Å². The fourth-order valence-corrected chi connectivity index (χ4v) is 11.7. The highest BCUT2D eigenvalue weighted by molar-refractivity contribution is 7.92. The van der Waals surface area contributed by atoms with Crippen LogP contribution in [0.15, 0.2) is 47.5 Å². The van der Waals surface area contributed by atoms with Crippen molar-refractivity contribution in [1.82, 2.24) is 15.0 Å². The molecule has 11 nitrogen and oxygen atoms in total. The van der Waals surface area contributed by atoms with Crippen LogP contribution in [0, 0.1) is 22.9 Å². The zero-order valence-electron chi connectivity index (χ0n) is 25.2. The molecule has 4 aliphatic rings. The molecule has 5 heterocycles. The summed E-state index contributed by atoms with van der Waals surface area (Å²) >= 11 is 1.33. The number of halogens is 3. The largest absolute Gasteiger partial charge is 0.377 e. The average molecular weight is 719 g/mol. The number of nitrogens with one attached hydrogen (secondary N) is 1. The molecule has 2 bridgehead atoms. The number of sulfone groups is 1. The van der Waals surface area contributed by atoms with E-state index >= 15 is 8.78 Å². The molecular weight excluding hydrogens is 690 g/mol. The first kappa shape index (κ1) is 31.6. The van der Waals surface area contributed by atoms with Crippen molar-refractivity contribution in [2.75, 3.05) is 34.9 Å². The van der Waals surface area contributed by atoms with Crippen LogP contribution in [0.2, 0.25) is 0 Å². The van der Waals surface area contributed by atoms with Crippen molar-refractivity contribution >= 4 is 42.3 Å². The van der Waals surface area contributed by atoms with Crippen molar-refractivity contribution in [1.29, 1.82) is 0 Å². The van der Waals surface area contributed by atoms with Crippen LogP contribution in [0.3, 0.4) is 0 Å². The molecule has 252 valence electrons. The van der Waals surface area contributed by atoms with Gasteiger partial charge in [0, 0.05) is 34.3 Å². The molecule has 1 aliphatic carbocycles. The average Bonchev–Trinajstić information content (AvgIpc) is 3.52. The van der Waals surface area contributed by atoms with Crippen LogP contribution in [0.1, 0.15) is 25.7 Å². The number of thiazole rings is 1. The minimum atomic E-state index is -4.79. The van der Waals surface area contributed by atoms with Crippen LogP contribution < -0.4 is 15.4 Å². The quantitative estimate of drug-likeness (QED) is 0.282. The fraction of sp³-hybridized carbons (Fsp3) is 0.387. The molecule has 17 heteroatoms. The van der Waals surface area contributed by atoms with Crippen LogP contribution in [0.5, 0.6) is 0 Å². The number of fused-ring (bicyclic) bond motifs is 2. The van der Waals surface area contributed by atoms with Gasteiger partial charge in [-0.05, 0) is 49.9 Å². The number of nitrogens with zero attached hydrogens (tertiary/aromatic N) is 4. The normalized spacial score (nSPS) is 22.8. The first-order valence-electron chi connectivity index (χ1n) is 15.3. The van der Waals surface area contributed by atoms with Crippen LogP contribution in [0.4, 0.5) is 24.3 Å². The van der Waals surface area contributed by atoms with Gasteiger partial charge in [0.05, 0.1) is 53.1 Å². The topological polar surface area (TPSA) is 157 Å². The number of ether oxygens (including phenoxy) is 1. The van der Waals surface area contributed by atoms with Gasteiger partial charge in [0.15, 0.2) is 25.7 Å². The maximum atomic E-state index is 16.5. The third-order valence-electron chi connectivity index (χ3n) is 9.59. The predicted octanol–water partition coefficient (Wildman–Crippen LogP) is 4.36. The Labute approximate surface area is 278 Å². The number of sulfonamides is 1. The number of anilines is 2. The minimum Gasteiger partial charge on any atom is -0.377 e. The molecule has 2 aromatic heterocycles. The number of primary sulfonamides is 1. The summed E-state index contributed by atoms with van der Waals surface area (Å²) in [5.74, 6) is -3.04. The van der Waals surface area contributed by atoms with Crippen molar-refractivity contribution in [2.45, 2.75) is 48.7 Å². The molecule has 8 rings (SSSR count). The maximum absolute atomic E-state index is 16.5. The molecule has 1 spiro atoms. The molecular formula is C31H29F3N6O5S3. The maximum Gasteiger partial charge on any atom is 0.243 e. The van der Waals surface area contributed by atoms with Gasteiger partial charge in [-0.25, -0.2) is 50.1 Å². The standard InChI is InChI=1S/C31H29F3N6O5S3/c32-22-7-6-20(25(34)28(22)48(35,43)44)19-2-1-3-21(24(19)33)26-27(46-30(39-26)40-17-4-5-18(40)13-45-12-17)23-8-9-36-29(38-23)37-16-10-31(11-16)14-47(41,42)15-31/h1-3,6-9,16-18H,4-5,10-15H2,(H2,35,43,44)(H,36,37,38). The molecule has 3 saturated heterocycles. The molecule has 2 unspecified atom stereocenters. The first-order chi connectivity index (χ1) is 22.8. The van der Waals surface area contributed by atoms with Gasteiger partial charge < -0.3 is 15.0 Å². The molecule has 3 aliphatic heterocycles. The van der Waals surface area contributed by atoms with E-state index in [0.717, 1.165) is 25.0 Å². The third kappa shape index (κ3) is 5.35. The second kappa shape index (κ2) is 11.2. The van der Waals surface area contributed by atoms with E-state index in [1.807, 2.05) is 0 Å². The molecule has 0 radical (unpaired) electrons. The van der Waals surface area contributed by atoms with Gasteiger partial charge in [0.2, 0.25) is 16.0 Å². The highest BCUT2D eigenvalue weighted by Gasteiger charge is 2.56. The van der Waals surface area contributed by atoms with Crippen molar-refractivity contribution in [3.63, 3.8) is 0 Å². The zero-order chi connectivity index (χ0) is 33.6. The van der Waals surface area contributed by atoms with E-state index in [4.69, 9.17) is 19.8 Å². The van der Waals surface area contributed by atoms with Crippen molar-refractivity contribution in [2.24, 2.45) is 10.6 Å². The van der Waals surface area contributed by atoms with Crippen LogP contribution in [-0.4, -0.2) is 74.6 Å². The highest BCUT2D eigenvalue weighted by atomic mass is 32.2. The summed E-state index contributed by atoms with van der Waals surface area (Å²) in [7, 11) is -7.74. The number of hydrogen-bond donors (Lipinski definition) is 2. The third-order valence-corrected chi connectivity index (χ3v) is 13.7. The smallest absolute Gasteiger partial charge is 0.243 e. The second-order valence-corrected chi connectivity index (χ2v) is 17.5. The van der Waals surface area contributed by atoms with E-state index in [-0.39, 0.29) is 51.9 Å². The number of aromatic nitrogens is 3. The Bertz CT molecular complexity index is 2160. The molecule has 48 heavy (non-hydrogen) atoms. The molecule has 2 atom stereocenters. The number of morpholine rings is 1. The number of hydrogen-bond acceptors (Lipinski definition) is 11. The number of nitrogens with two attached hydrogens (primary N) is 1. The van der Waals surface area contributed by atoms with Crippen LogP contribution in [-0.2, 0) is 24.6 Å². The van der Waals surface area contributed by atoms with E-state index < -0.39 is 47.8 Å². The lowest BCUT2D eigenvalue weighted by Gasteiger charge is -2.53. The Balaban J connectivity index is 1.19. The van der Waals surface area contributed by atoms with E-state index in [0.29, 0.717) is 47.7 Å². The molecule has 4 fully saturated rings. The zero-order valence-corrected chi connectivity index (χ0v) is 27.6. The summed E-state index contributed by atoms with van der Waals surface area (Å²) in [6.45, 7) is 1.07. The van der Waals surface area contributed by atoms with Crippen LogP contribution in [0.25, 0.3) is 33.0 Å². The summed E-state index contributed by atoms with van der Waals surface area (Å²) in [6, 6.07) is 7.81. The molecule has 4 aromatic rings. The first-order valence-corrected chi connectivity index (χ1v) is 19.5. The summed E-state index contributed by atoms with van der Waals surface area (Å²) in [5, 5.41) is 9.01. The Morgan fingerprint density at radius 1 is 0.958 bits per heavy atom. The van der Waals surface area contributed by atoms with Gasteiger partial charge in [-0.3, -0.25) is 0 Å². The lowest BCUT2D eigenvalue weighted by Crippen LogP contribution is -2.60. The molecule has 3 N–H and O–H groups in total. The summed E-state index contributed by atoms with van der Waals surface area (Å²) < 4.78 is 99.5. The van der Waals surface area contributed by atoms with E-state index in [1.165, 1.54) is 29.5 Å². The Morgan fingerprint density at radius 3 is 2.33 bits per heavy atom. The summed E-state index contributed by atoms with van der Waals surface area (Å²) in [6.07, 6.45) is 4.80. The lowest BCUT2D eigenvalue weighted by atomic mass is 9.67. The SMILES string of the molecule is NS(=O)(=O)c1c(F)ccc(-c2cccc(-c3nc(N4C5CCC4COC5)sc3-c3ccnc(NC4CC5(C4)CS(=O)(=O)C5)n3)c2F)c1F. The number of benzene rings is 2. The van der Waals surface area contributed by atoms with Gasteiger partial charge >= 0.3 is 0 Å². The van der Waals surface area contributed by atoms with Gasteiger partial charge in [-0.2, -0.15) is 0 Å². The Morgan fingerprint density at radius 2 is 1.65 bits per heavy atom. The monoisotopic (exact) mass is 718 g/mol. The second-order valence-electron chi connectivity index (χ2n) is 13.0. The van der Waals surface area contributed by atoms with Crippen molar-refractivity contribution in [3.8, 4) is 33.0 Å². The van der Waals surface area contributed by atoms with Gasteiger partial charge in [0.1, 0.15) is 11.6 Å². The molecule has 0 amide bonds. The highest BCUT2D eigenvalue weighted by Crippen LogP contribution is 2.51.